The zero-order valence-electron chi connectivity index (χ0n) is 15.0. The van der Waals surface area contributed by atoms with Crippen molar-refractivity contribution in [3.8, 4) is 5.75 Å². The molecule has 6 heteroatoms. The summed E-state index contributed by atoms with van der Waals surface area (Å²) in [6.07, 6.45) is 0. The van der Waals surface area contributed by atoms with Crippen molar-refractivity contribution in [1.29, 1.82) is 0 Å². The molecule has 2 aromatic rings. The minimum atomic E-state index is -0.652. The number of anilines is 1. The molecule has 136 valence electrons. The number of nitrogens with one attached hydrogen (secondary N) is 1. The fourth-order valence-electron chi connectivity index (χ4n) is 2.29. The molecule has 0 fully saturated rings. The van der Waals surface area contributed by atoms with Crippen LogP contribution in [0.15, 0.2) is 42.5 Å². The highest BCUT2D eigenvalue weighted by Gasteiger charge is 2.12. The minimum absolute atomic E-state index is 0.167. The number of carbonyl (C=O) groups excluding carboxylic acids is 3. The van der Waals surface area contributed by atoms with Gasteiger partial charge in [-0.3, -0.25) is 9.59 Å². The third kappa shape index (κ3) is 5.17. The molecule has 0 radical (unpaired) electrons. The molecule has 2 aromatic carbocycles. The molecule has 0 saturated heterocycles. The van der Waals surface area contributed by atoms with Crippen molar-refractivity contribution >= 4 is 23.3 Å². The Labute approximate surface area is 152 Å². The minimum Gasteiger partial charge on any atom is -0.482 e. The fraction of sp³-hybridized carbons (Fsp3) is 0.250. The average molecular weight is 355 g/mol. The lowest BCUT2D eigenvalue weighted by molar-refractivity contribution is -0.149. The van der Waals surface area contributed by atoms with Crippen molar-refractivity contribution in [3.05, 3.63) is 59.2 Å². The fourth-order valence-corrected chi connectivity index (χ4v) is 2.29. The van der Waals surface area contributed by atoms with Crippen LogP contribution in [0, 0.1) is 13.8 Å². The molecular formula is C20H21NO5. The highest BCUT2D eigenvalue weighted by atomic mass is 16.6. The van der Waals surface area contributed by atoms with Crippen molar-refractivity contribution < 1.29 is 23.9 Å². The molecule has 0 aliphatic carbocycles. The summed E-state index contributed by atoms with van der Waals surface area (Å²) in [5.74, 6) is -0.749. The van der Waals surface area contributed by atoms with Gasteiger partial charge in [-0.05, 0) is 50.1 Å². The summed E-state index contributed by atoms with van der Waals surface area (Å²) in [5.41, 5.74) is 2.77. The third-order valence-corrected chi connectivity index (χ3v) is 3.85. The Bertz CT molecular complexity index is 829. The Morgan fingerprint density at radius 2 is 1.69 bits per heavy atom. The van der Waals surface area contributed by atoms with Crippen LogP contribution in [0.1, 0.15) is 28.4 Å². The zero-order valence-corrected chi connectivity index (χ0v) is 15.0. The SMILES string of the molecule is CC(=O)c1ccccc1NC(=O)COC(=O)COc1cccc(C)c1C. The Morgan fingerprint density at radius 3 is 2.42 bits per heavy atom. The molecule has 1 amide bonds. The van der Waals surface area contributed by atoms with Crippen LogP contribution in [0.5, 0.6) is 5.75 Å². The van der Waals surface area contributed by atoms with E-state index in [0.29, 0.717) is 17.0 Å². The molecule has 6 nitrogen and oxygen atoms in total. The van der Waals surface area contributed by atoms with E-state index in [1.165, 1.54) is 6.92 Å². The highest BCUT2D eigenvalue weighted by molar-refractivity contribution is 6.04. The van der Waals surface area contributed by atoms with E-state index in [1.54, 1.807) is 30.3 Å². The average Bonchev–Trinajstić information content (AvgIpc) is 2.61. The number of benzene rings is 2. The maximum atomic E-state index is 11.9. The van der Waals surface area contributed by atoms with E-state index in [4.69, 9.17) is 9.47 Å². The number of esters is 1. The molecule has 0 atom stereocenters. The van der Waals surface area contributed by atoms with Gasteiger partial charge >= 0.3 is 5.97 Å². The first-order valence-corrected chi connectivity index (χ1v) is 8.13. The Balaban J connectivity index is 1.83. The van der Waals surface area contributed by atoms with Crippen molar-refractivity contribution in [3.63, 3.8) is 0 Å². The van der Waals surface area contributed by atoms with Gasteiger partial charge in [0.15, 0.2) is 19.0 Å². The van der Waals surface area contributed by atoms with Crippen LogP contribution in [0.25, 0.3) is 0 Å². The number of carbonyl (C=O) groups is 3. The van der Waals surface area contributed by atoms with Crippen LogP contribution in [0.2, 0.25) is 0 Å². The number of ether oxygens (including phenoxy) is 2. The number of Topliss-reactive ketones (excluding diaryl/α,β-unsaturated/α-hetero) is 1. The van der Waals surface area contributed by atoms with E-state index < -0.39 is 18.5 Å². The second-order valence-corrected chi connectivity index (χ2v) is 5.80. The molecule has 26 heavy (non-hydrogen) atoms. The molecule has 0 unspecified atom stereocenters. The van der Waals surface area contributed by atoms with Crippen LogP contribution in [0.3, 0.4) is 0 Å². The monoisotopic (exact) mass is 355 g/mol. The van der Waals surface area contributed by atoms with E-state index in [0.717, 1.165) is 11.1 Å². The van der Waals surface area contributed by atoms with Crippen molar-refractivity contribution in [2.24, 2.45) is 0 Å². The van der Waals surface area contributed by atoms with Crippen LogP contribution in [-0.2, 0) is 14.3 Å². The normalized spacial score (nSPS) is 10.1. The molecule has 0 spiro atoms. The number of ketones is 1. The number of para-hydroxylation sites is 1. The molecular weight excluding hydrogens is 334 g/mol. The van der Waals surface area contributed by atoms with Gasteiger partial charge in [0.2, 0.25) is 0 Å². The summed E-state index contributed by atoms with van der Waals surface area (Å²) < 4.78 is 10.3. The van der Waals surface area contributed by atoms with Crippen molar-refractivity contribution in [1.82, 2.24) is 0 Å². The lowest BCUT2D eigenvalue weighted by Gasteiger charge is -2.11. The molecule has 0 aromatic heterocycles. The number of hydrogen-bond donors (Lipinski definition) is 1. The summed E-state index contributed by atoms with van der Waals surface area (Å²) in [4.78, 5) is 35.2. The Hall–Kier alpha value is -3.15. The van der Waals surface area contributed by atoms with E-state index >= 15 is 0 Å². The van der Waals surface area contributed by atoms with E-state index in [2.05, 4.69) is 5.32 Å². The van der Waals surface area contributed by atoms with E-state index in [1.807, 2.05) is 26.0 Å². The summed E-state index contributed by atoms with van der Waals surface area (Å²) in [6, 6.07) is 12.2. The quantitative estimate of drug-likeness (QED) is 0.610. The van der Waals surface area contributed by atoms with Gasteiger partial charge in [0.1, 0.15) is 5.75 Å². The lowest BCUT2D eigenvalue weighted by Crippen LogP contribution is -2.24. The molecule has 0 saturated carbocycles. The van der Waals surface area contributed by atoms with Crippen LogP contribution < -0.4 is 10.1 Å². The molecule has 1 N–H and O–H groups in total. The van der Waals surface area contributed by atoms with Crippen LogP contribution in [0.4, 0.5) is 5.69 Å². The van der Waals surface area contributed by atoms with Gasteiger partial charge in [-0.1, -0.05) is 24.3 Å². The van der Waals surface area contributed by atoms with Crippen LogP contribution >= 0.6 is 0 Å². The predicted molar refractivity (Wildman–Crippen MR) is 97.4 cm³/mol. The van der Waals surface area contributed by atoms with Gasteiger partial charge in [0.25, 0.3) is 5.91 Å². The maximum Gasteiger partial charge on any atom is 0.344 e. The first-order chi connectivity index (χ1) is 12.4. The number of aryl methyl sites for hydroxylation is 1. The summed E-state index contributed by atoms with van der Waals surface area (Å²) in [7, 11) is 0. The van der Waals surface area contributed by atoms with Gasteiger partial charge in [0, 0.05) is 5.56 Å². The molecule has 0 bridgehead atoms. The largest absolute Gasteiger partial charge is 0.482 e. The standard InChI is InChI=1S/C20H21NO5/c1-13-7-6-10-18(14(13)2)25-12-20(24)26-11-19(23)21-17-9-5-4-8-16(17)15(3)22/h4-10H,11-12H2,1-3H3,(H,21,23). The smallest absolute Gasteiger partial charge is 0.344 e. The maximum absolute atomic E-state index is 11.9. The third-order valence-electron chi connectivity index (χ3n) is 3.85. The molecule has 0 heterocycles. The van der Waals surface area contributed by atoms with Gasteiger partial charge in [-0.15, -0.1) is 0 Å². The Kier molecular flexibility index (Phi) is 6.49. The summed E-state index contributed by atoms with van der Waals surface area (Å²) in [6.45, 7) is 4.51. The second-order valence-electron chi connectivity index (χ2n) is 5.80. The van der Waals surface area contributed by atoms with E-state index in [9.17, 15) is 14.4 Å². The first-order valence-electron chi connectivity index (χ1n) is 8.13. The predicted octanol–water partition coefficient (Wildman–Crippen LogP) is 3.07. The number of amides is 1. The number of hydrogen-bond acceptors (Lipinski definition) is 5. The van der Waals surface area contributed by atoms with Crippen LogP contribution in [-0.4, -0.2) is 30.9 Å². The first kappa shape index (κ1) is 19.2. The summed E-state index contributed by atoms with van der Waals surface area (Å²) in [5, 5.41) is 2.56. The second kappa shape index (κ2) is 8.80. The lowest BCUT2D eigenvalue weighted by atomic mass is 10.1. The molecule has 0 aliphatic rings. The summed E-state index contributed by atoms with van der Waals surface area (Å²) >= 11 is 0. The zero-order chi connectivity index (χ0) is 19.1. The van der Waals surface area contributed by atoms with E-state index in [-0.39, 0.29) is 12.4 Å². The van der Waals surface area contributed by atoms with Gasteiger partial charge in [0.05, 0.1) is 5.69 Å². The van der Waals surface area contributed by atoms with Gasteiger partial charge in [-0.25, -0.2) is 4.79 Å². The number of rotatable bonds is 7. The molecule has 0 aliphatic heterocycles. The highest BCUT2D eigenvalue weighted by Crippen LogP contribution is 2.20. The van der Waals surface area contributed by atoms with Gasteiger partial charge < -0.3 is 14.8 Å². The molecule has 2 rings (SSSR count). The van der Waals surface area contributed by atoms with Crippen molar-refractivity contribution in [2.45, 2.75) is 20.8 Å². The Morgan fingerprint density at radius 1 is 0.962 bits per heavy atom. The van der Waals surface area contributed by atoms with Gasteiger partial charge in [-0.2, -0.15) is 0 Å². The topological polar surface area (TPSA) is 81.7 Å². The van der Waals surface area contributed by atoms with Crippen molar-refractivity contribution in [2.75, 3.05) is 18.5 Å².